The maximum Gasteiger partial charge on any atom is 0.251 e. The SMILES string of the molecule is C[C@H](N)c1ccc(C(=O)NC2CC2)cc1. The third-order valence-electron chi connectivity index (χ3n) is 2.61. The van der Waals surface area contributed by atoms with Gasteiger partial charge in [-0.15, -0.1) is 0 Å². The van der Waals surface area contributed by atoms with Crippen LogP contribution in [0.4, 0.5) is 0 Å². The Kier molecular flexibility index (Phi) is 2.73. The molecule has 0 aromatic heterocycles. The average molecular weight is 204 g/mol. The van der Waals surface area contributed by atoms with Crippen molar-refractivity contribution in [1.29, 1.82) is 0 Å². The lowest BCUT2D eigenvalue weighted by atomic mass is 10.1. The van der Waals surface area contributed by atoms with Gasteiger partial charge in [-0.25, -0.2) is 0 Å². The summed E-state index contributed by atoms with van der Waals surface area (Å²) in [6, 6.07) is 7.90. The molecule has 15 heavy (non-hydrogen) atoms. The summed E-state index contributed by atoms with van der Waals surface area (Å²) in [5.74, 6) is 0.0220. The van der Waals surface area contributed by atoms with E-state index in [1.807, 2.05) is 31.2 Å². The monoisotopic (exact) mass is 204 g/mol. The Balaban J connectivity index is 2.04. The largest absolute Gasteiger partial charge is 0.349 e. The minimum absolute atomic E-state index is 0.0190. The first kappa shape index (κ1) is 10.2. The topological polar surface area (TPSA) is 55.1 Å². The standard InChI is InChI=1S/C12H16N2O/c1-8(13)9-2-4-10(5-3-9)12(15)14-11-6-7-11/h2-5,8,11H,6-7,13H2,1H3,(H,14,15)/t8-/m0/s1. The van der Waals surface area contributed by atoms with Gasteiger partial charge < -0.3 is 11.1 Å². The van der Waals surface area contributed by atoms with E-state index in [2.05, 4.69) is 5.32 Å². The normalized spacial score (nSPS) is 17.2. The average Bonchev–Trinajstić information content (AvgIpc) is 3.02. The van der Waals surface area contributed by atoms with E-state index in [0.29, 0.717) is 11.6 Å². The van der Waals surface area contributed by atoms with Gasteiger partial charge in [0.25, 0.3) is 5.91 Å². The Morgan fingerprint density at radius 2 is 2.00 bits per heavy atom. The lowest BCUT2D eigenvalue weighted by molar-refractivity contribution is 0.0951. The first-order valence-corrected chi connectivity index (χ1v) is 5.33. The number of carbonyl (C=O) groups is 1. The lowest BCUT2D eigenvalue weighted by Crippen LogP contribution is -2.25. The van der Waals surface area contributed by atoms with Gasteiger partial charge in [-0.2, -0.15) is 0 Å². The molecule has 0 spiro atoms. The molecule has 0 radical (unpaired) electrons. The summed E-state index contributed by atoms with van der Waals surface area (Å²) >= 11 is 0. The fourth-order valence-electron chi connectivity index (χ4n) is 1.43. The molecule has 0 unspecified atom stereocenters. The fourth-order valence-corrected chi connectivity index (χ4v) is 1.43. The van der Waals surface area contributed by atoms with Crippen molar-refractivity contribution in [3.05, 3.63) is 35.4 Å². The molecule has 0 bridgehead atoms. The second kappa shape index (κ2) is 4.03. The number of benzene rings is 1. The van der Waals surface area contributed by atoms with Gasteiger partial charge >= 0.3 is 0 Å². The third kappa shape index (κ3) is 2.57. The second-order valence-electron chi connectivity index (χ2n) is 4.16. The van der Waals surface area contributed by atoms with Crippen molar-refractivity contribution in [1.82, 2.24) is 5.32 Å². The molecule has 1 atom stereocenters. The van der Waals surface area contributed by atoms with E-state index in [1.54, 1.807) is 0 Å². The fraction of sp³-hybridized carbons (Fsp3) is 0.417. The van der Waals surface area contributed by atoms with Crippen molar-refractivity contribution >= 4 is 5.91 Å². The minimum Gasteiger partial charge on any atom is -0.349 e. The first-order valence-electron chi connectivity index (χ1n) is 5.33. The molecule has 1 aromatic carbocycles. The van der Waals surface area contributed by atoms with Crippen LogP contribution < -0.4 is 11.1 Å². The Morgan fingerprint density at radius 3 is 2.47 bits per heavy atom. The summed E-state index contributed by atoms with van der Waals surface area (Å²) in [6.07, 6.45) is 2.23. The van der Waals surface area contributed by atoms with Crippen molar-refractivity contribution in [2.75, 3.05) is 0 Å². The predicted octanol–water partition coefficient (Wildman–Crippen LogP) is 1.60. The quantitative estimate of drug-likeness (QED) is 0.785. The van der Waals surface area contributed by atoms with E-state index < -0.39 is 0 Å². The molecular formula is C12H16N2O. The summed E-state index contributed by atoms with van der Waals surface area (Å²) in [7, 11) is 0. The summed E-state index contributed by atoms with van der Waals surface area (Å²) < 4.78 is 0. The zero-order chi connectivity index (χ0) is 10.8. The second-order valence-corrected chi connectivity index (χ2v) is 4.16. The van der Waals surface area contributed by atoms with Crippen LogP contribution >= 0.6 is 0 Å². The van der Waals surface area contributed by atoms with Gasteiger partial charge in [-0.05, 0) is 37.5 Å². The Morgan fingerprint density at radius 1 is 1.40 bits per heavy atom. The molecule has 1 saturated carbocycles. The predicted molar refractivity (Wildman–Crippen MR) is 59.5 cm³/mol. The minimum atomic E-state index is 0.0190. The van der Waals surface area contributed by atoms with Crippen molar-refractivity contribution < 1.29 is 4.79 Å². The maximum absolute atomic E-state index is 11.6. The molecule has 1 aliphatic rings. The molecule has 3 nitrogen and oxygen atoms in total. The van der Waals surface area contributed by atoms with E-state index in [0.717, 1.165) is 18.4 Å². The molecule has 3 N–H and O–H groups in total. The molecule has 0 heterocycles. The van der Waals surface area contributed by atoms with E-state index in [-0.39, 0.29) is 11.9 Å². The molecule has 3 heteroatoms. The molecule has 1 fully saturated rings. The molecule has 1 amide bonds. The summed E-state index contributed by atoms with van der Waals surface area (Å²) in [5, 5.41) is 2.95. The molecule has 1 aliphatic carbocycles. The maximum atomic E-state index is 11.6. The van der Waals surface area contributed by atoms with Gasteiger partial charge in [0.05, 0.1) is 0 Å². The Bertz CT molecular complexity index is 352. The number of amides is 1. The van der Waals surface area contributed by atoms with Crippen molar-refractivity contribution in [2.45, 2.75) is 31.8 Å². The van der Waals surface area contributed by atoms with Crippen LogP contribution in [0.15, 0.2) is 24.3 Å². The van der Waals surface area contributed by atoms with Crippen LogP contribution in [0, 0.1) is 0 Å². The number of nitrogens with one attached hydrogen (secondary N) is 1. The number of carbonyl (C=O) groups excluding carboxylic acids is 1. The highest BCUT2D eigenvalue weighted by Crippen LogP contribution is 2.19. The van der Waals surface area contributed by atoms with Crippen LogP contribution in [0.1, 0.15) is 41.7 Å². The number of rotatable bonds is 3. The van der Waals surface area contributed by atoms with Gasteiger partial charge in [-0.1, -0.05) is 12.1 Å². The van der Waals surface area contributed by atoms with Crippen LogP contribution in [0.5, 0.6) is 0 Å². The highest BCUT2D eigenvalue weighted by molar-refractivity contribution is 5.94. The lowest BCUT2D eigenvalue weighted by Gasteiger charge is -2.07. The van der Waals surface area contributed by atoms with Crippen molar-refractivity contribution in [2.24, 2.45) is 5.73 Å². The molecule has 2 rings (SSSR count). The van der Waals surface area contributed by atoms with Gasteiger partial charge in [0.15, 0.2) is 0 Å². The van der Waals surface area contributed by atoms with E-state index in [1.165, 1.54) is 0 Å². The van der Waals surface area contributed by atoms with Crippen LogP contribution in [-0.4, -0.2) is 11.9 Å². The molecule has 1 aromatic rings. The van der Waals surface area contributed by atoms with Crippen molar-refractivity contribution in [3.63, 3.8) is 0 Å². The zero-order valence-corrected chi connectivity index (χ0v) is 8.86. The van der Waals surface area contributed by atoms with Crippen LogP contribution in [-0.2, 0) is 0 Å². The van der Waals surface area contributed by atoms with E-state index >= 15 is 0 Å². The van der Waals surface area contributed by atoms with Gasteiger partial charge in [0.2, 0.25) is 0 Å². The number of nitrogens with two attached hydrogens (primary N) is 1. The molecule has 0 saturated heterocycles. The zero-order valence-electron chi connectivity index (χ0n) is 8.86. The van der Waals surface area contributed by atoms with E-state index in [9.17, 15) is 4.79 Å². The highest BCUT2D eigenvalue weighted by Gasteiger charge is 2.23. The highest BCUT2D eigenvalue weighted by atomic mass is 16.1. The third-order valence-corrected chi connectivity index (χ3v) is 2.61. The smallest absolute Gasteiger partial charge is 0.251 e. The van der Waals surface area contributed by atoms with Crippen LogP contribution in [0.25, 0.3) is 0 Å². The van der Waals surface area contributed by atoms with Gasteiger partial charge in [-0.3, -0.25) is 4.79 Å². The Labute approximate surface area is 89.7 Å². The molecule has 80 valence electrons. The van der Waals surface area contributed by atoms with E-state index in [4.69, 9.17) is 5.73 Å². The van der Waals surface area contributed by atoms with Crippen LogP contribution in [0.2, 0.25) is 0 Å². The van der Waals surface area contributed by atoms with Gasteiger partial charge in [0, 0.05) is 17.6 Å². The van der Waals surface area contributed by atoms with Crippen molar-refractivity contribution in [3.8, 4) is 0 Å². The Hall–Kier alpha value is -1.35. The summed E-state index contributed by atoms with van der Waals surface area (Å²) in [6.45, 7) is 1.93. The summed E-state index contributed by atoms with van der Waals surface area (Å²) in [5.41, 5.74) is 7.50. The number of hydrogen-bond acceptors (Lipinski definition) is 2. The van der Waals surface area contributed by atoms with Crippen LogP contribution in [0.3, 0.4) is 0 Å². The first-order chi connectivity index (χ1) is 7.16. The summed E-state index contributed by atoms with van der Waals surface area (Å²) in [4.78, 5) is 11.6. The number of hydrogen-bond donors (Lipinski definition) is 2. The van der Waals surface area contributed by atoms with Gasteiger partial charge in [0.1, 0.15) is 0 Å². The molecular weight excluding hydrogens is 188 g/mol. The molecule has 0 aliphatic heterocycles.